The Morgan fingerprint density at radius 1 is 1.02 bits per heavy atom. The van der Waals surface area contributed by atoms with Gasteiger partial charge in [0.1, 0.15) is 11.3 Å². The van der Waals surface area contributed by atoms with Gasteiger partial charge < -0.3 is 30.0 Å². The maximum Gasteiger partial charge on any atom is 0.330 e. The van der Waals surface area contributed by atoms with E-state index in [1.54, 1.807) is 19.2 Å². The van der Waals surface area contributed by atoms with Crippen LogP contribution < -0.4 is 36.7 Å². The number of nitrogens with one attached hydrogen (secondary N) is 3. The van der Waals surface area contributed by atoms with Crippen molar-refractivity contribution >= 4 is 29.1 Å². The molecule has 12 nitrogen and oxygen atoms in total. The molecule has 6 rings (SSSR count). The topological polar surface area (TPSA) is 146 Å². The van der Waals surface area contributed by atoms with Crippen molar-refractivity contribution < 1.29 is 19.1 Å². The molecule has 13 heteroatoms. The van der Waals surface area contributed by atoms with Gasteiger partial charge in [0.25, 0.3) is 11.5 Å². The molecule has 1 aliphatic heterocycles. The van der Waals surface area contributed by atoms with E-state index in [1.807, 2.05) is 30.3 Å². The smallest absolute Gasteiger partial charge is 0.330 e. The molecule has 244 valence electrons. The number of nitrogens with zero attached hydrogens (tertiary/aromatic N) is 3. The molecule has 1 aliphatic carbocycles. The summed E-state index contributed by atoms with van der Waals surface area (Å²) in [7, 11) is 5.87. The minimum absolute atomic E-state index is 0.0592. The van der Waals surface area contributed by atoms with Crippen LogP contribution in [0.25, 0.3) is 22.4 Å². The third-order valence-corrected chi connectivity index (χ3v) is 9.18. The number of pyridine rings is 1. The van der Waals surface area contributed by atoms with Crippen LogP contribution in [0.5, 0.6) is 11.6 Å². The third kappa shape index (κ3) is 6.01. The van der Waals surface area contributed by atoms with Crippen LogP contribution in [0.4, 0.5) is 5.69 Å². The Morgan fingerprint density at radius 3 is 2.49 bits per heavy atom. The predicted molar refractivity (Wildman–Crippen MR) is 178 cm³/mol. The molecular formula is C34H35ClN6O6. The van der Waals surface area contributed by atoms with Crippen LogP contribution in [0.15, 0.2) is 58.3 Å². The van der Waals surface area contributed by atoms with Gasteiger partial charge in [-0.3, -0.25) is 19.0 Å². The van der Waals surface area contributed by atoms with Gasteiger partial charge in [-0.15, -0.1) is 0 Å². The monoisotopic (exact) mass is 658 g/mol. The number of anilines is 1. The lowest BCUT2D eigenvalue weighted by Gasteiger charge is -2.20. The summed E-state index contributed by atoms with van der Waals surface area (Å²) in [6, 6.07) is 13.1. The first-order chi connectivity index (χ1) is 22.6. The third-order valence-electron chi connectivity index (χ3n) is 8.77. The summed E-state index contributed by atoms with van der Waals surface area (Å²) >= 11 is 7.09. The summed E-state index contributed by atoms with van der Waals surface area (Å²) in [5.41, 5.74) is 3.63. The van der Waals surface area contributed by atoms with E-state index in [9.17, 15) is 19.2 Å². The van der Waals surface area contributed by atoms with Crippen molar-refractivity contribution in [2.24, 2.45) is 14.1 Å². The lowest BCUT2D eigenvalue weighted by Crippen LogP contribution is -2.40. The summed E-state index contributed by atoms with van der Waals surface area (Å²) in [6.07, 6.45) is 4.31. The number of ether oxygens (including phenoxy) is 2. The van der Waals surface area contributed by atoms with E-state index in [-0.39, 0.29) is 23.6 Å². The van der Waals surface area contributed by atoms with Crippen LogP contribution in [-0.2, 0) is 25.3 Å². The Labute approximate surface area is 275 Å². The maximum atomic E-state index is 13.2. The largest absolute Gasteiger partial charge is 0.494 e. The van der Waals surface area contributed by atoms with Gasteiger partial charge in [-0.05, 0) is 37.0 Å². The number of rotatable bonds is 9. The number of carbonyl (C=O) groups is 2. The average Bonchev–Trinajstić information content (AvgIpc) is 3.69. The molecule has 0 radical (unpaired) electrons. The number of amides is 2. The second-order valence-corrected chi connectivity index (χ2v) is 12.1. The van der Waals surface area contributed by atoms with Crippen molar-refractivity contribution in [2.45, 2.75) is 37.8 Å². The van der Waals surface area contributed by atoms with Gasteiger partial charge in [-0.2, -0.15) is 0 Å². The van der Waals surface area contributed by atoms with Gasteiger partial charge in [-0.25, -0.2) is 9.78 Å². The second-order valence-electron chi connectivity index (χ2n) is 11.7. The first-order valence-corrected chi connectivity index (χ1v) is 15.6. The number of hydrogen-bond donors (Lipinski definition) is 3. The number of aromatic nitrogens is 3. The highest BCUT2D eigenvalue weighted by Crippen LogP contribution is 2.45. The van der Waals surface area contributed by atoms with E-state index in [0.29, 0.717) is 57.7 Å². The minimum Gasteiger partial charge on any atom is -0.494 e. The predicted octanol–water partition coefficient (Wildman–Crippen LogP) is 3.59. The van der Waals surface area contributed by atoms with Crippen LogP contribution in [0.1, 0.15) is 46.8 Å². The number of hydrogen-bond acceptors (Lipinski definition) is 8. The zero-order valence-corrected chi connectivity index (χ0v) is 27.2. The molecular weight excluding hydrogens is 624 g/mol. The van der Waals surface area contributed by atoms with E-state index < -0.39 is 17.2 Å². The minimum atomic E-state index is -0.710. The van der Waals surface area contributed by atoms with Crippen LogP contribution in [-0.4, -0.2) is 52.7 Å². The van der Waals surface area contributed by atoms with Crippen molar-refractivity contribution in [1.29, 1.82) is 0 Å². The van der Waals surface area contributed by atoms with E-state index in [2.05, 4.69) is 16.0 Å². The number of fused-ring (bicyclic) bond motifs is 1. The Morgan fingerprint density at radius 2 is 1.77 bits per heavy atom. The van der Waals surface area contributed by atoms with Crippen LogP contribution in [0.2, 0.25) is 5.02 Å². The number of carbonyl (C=O) groups excluding carboxylic acids is 2. The molecule has 2 aliphatic rings. The SMILES string of the molecule is COc1nc(-c2cccc(-c3cccc(NC(=O)c4cn(C)c(=O)n(C)c4=O)c3OC)c2Cl)cc2c1[C@@H](NC[C@@H]1CCC(=O)N1)CC2. The molecule has 0 unspecified atom stereocenters. The van der Waals surface area contributed by atoms with E-state index in [4.69, 9.17) is 26.1 Å². The molecule has 47 heavy (non-hydrogen) atoms. The molecule has 2 amide bonds. The molecule has 2 atom stereocenters. The van der Waals surface area contributed by atoms with Crippen molar-refractivity contribution in [1.82, 2.24) is 24.8 Å². The molecule has 0 spiro atoms. The quantitative estimate of drug-likeness (QED) is 0.247. The number of halogens is 1. The standard InChI is InChI=1S/C34H35ClN6O6/c1-40-17-23(33(44)41(2)34(40)45)31(43)38-25-10-6-8-21(30(25)46-3)20-7-5-9-22(29(20)35)26-15-18-11-13-24(28(18)32(39-26)47-4)36-16-19-12-14-27(42)37-19/h5-10,15,17,19,24,36H,11-14,16H2,1-4H3,(H,37,42)(H,38,43)/t19-,24-/m0/s1. The van der Waals surface area contributed by atoms with E-state index in [1.165, 1.54) is 32.0 Å². The normalized spacial score (nSPS) is 16.9. The Balaban J connectivity index is 1.31. The van der Waals surface area contributed by atoms with E-state index in [0.717, 1.165) is 35.0 Å². The molecule has 4 aromatic rings. The summed E-state index contributed by atoms with van der Waals surface area (Å²) < 4.78 is 13.6. The maximum absolute atomic E-state index is 13.2. The molecule has 0 saturated carbocycles. The second kappa shape index (κ2) is 13.0. The van der Waals surface area contributed by atoms with Gasteiger partial charge in [-0.1, -0.05) is 41.9 Å². The van der Waals surface area contributed by atoms with Gasteiger partial charge in [0.15, 0.2) is 0 Å². The van der Waals surface area contributed by atoms with Crippen LogP contribution >= 0.6 is 11.6 Å². The highest BCUT2D eigenvalue weighted by atomic mass is 35.5. The fraction of sp³-hybridized carbons (Fsp3) is 0.324. The molecule has 1 fully saturated rings. The van der Waals surface area contributed by atoms with E-state index >= 15 is 0 Å². The van der Waals surface area contributed by atoms with Crippen molar-refractivity contribution in [2.75, 3.05) is 26.1 Å². The molecule has 2 aromatic carbocycles. The Hall–Kier alpha value is -4.94. The number of benzene rings is 2. The first-order valence-electron chi connectivity index (χ1n) is 15.3. The highest BCUT2D eigenvalue weighted by Gasteiger charge is 2.30. The number of aryl methyl sites for hydroxylation is 2. The summed E-state index contributed by atoms with van der Waals surface area (Å²) in [5, 5.41) is 9.78. The van der Waals surface area contributed by atoms with Crippen molar-refractivity contribution in [3.8, 4) is 34.0 Å². The van der Waals surface area contributed by atoms with Gasteiger partial charge in [0.2, 0.25) is 11.8 Å². The molecule has 2 aromatic heterocycles. The van der Waals surface area contributed by atoms with Gasteiger partial charge in [0.05, 0.1) is 30.6 Å². The lowest BCUT2D eigenvalue weighted by atomic mass is 9.98. The summed E-state index contributed by atoms with van der Waals surface area (Å²) in [5.74, 6) is 0.269. The van der Waals surface area contributed by atoms with Gasteiger partial charge >= 0.3 is 5.69 Å². The summed E-state index contributed by atoms with van der Waals surface area (Å²) in [6.45, 7) is 0.678. The Kier molecular flexibility index (Phi) is 8.89. The molecule has 3 N–H and O–H groups in total. The van der Waals surface area contributed by atoms with Gasteiger partial charge in [0, 0.05) is 67.6 Å². The zero-order valence-electron chi connectivity index (χ0n) is 26.5. The Bertz CT molecular complexity index is 2020. The van der Waals surface area contributed by atoms with Crippen molar-refractivity contribution in [3.63, 3.8) is 0 Å². The average molecular weight is 659 g/mol. The molecule has 1 saturated heterocycles. The fourth-order valence-corrected chi connectivity index (χ4v) is 6.70. The van der Waals surface area contributed by atoms with Crippen LogP contribution in [0.3, 0.4) is 0 Å². The fourth-order valence-electron chi connectivity index (χ4n) is 6.38. The zero-order chi connectivity index (χ0) is 33.4. The molecule has 3 heterocycles. The number of para-hydroxylation sites is 1. The summed E-state index contributed by atoms with van der Waals surface area (Å²) in [4.78, 5) is 54.5. The highest BCUT2D eigenvalue weighted by molar-refractivity contribution is 6.36. The number of methoxy groups -OCH3 is 2. The molecule has 0 bridgehead atoms. The lowest BCUT2D eigenvalue weighted by molar-refractivity contribution is -0.119. The first kappa shape index (κ1) is 32.0. The van der Waals surface area contributed by atoms with Crippen molar-refractivity contribution in [3.05, 3.63) is 91.2 Å². The van der Waals surface area contributed by atoms with Crippen LogP contribution in [0, 0.1) is 0 Å².